The van der Waals surface area contributed by atoms with Crippen LogP contribution in [0.1, 0.15) is 38.4 Å². The number of aromatic nitrogens is 3. The lowest BCUT2D eigenvalue weighted by Crippen LogP contribution is -2.29. The third-order valence-electron chi connectivity index (χ3n) is 3.45. The largest absolute Gasteiger partial charge is 0.320 e. The molecule has 4 nitrogen and oxygen atoms in total. The molecule has 0 spiro atoms. The van der Waals surface area contributed by atoms with Crippen LogP contribution in [0.15, 0.2) is 6.33 Å². The molecule has 1 aliphatic carbocycles. The van der Waals surface area contributed by atoms with E-state index in [1.165, 1.54) is 25.7 Å². The first-order valence-corrected chi connectivity index (χ1v) is 5.73. The molecule has 1 fully saturated rings. The first-order valence-electron chi connectivity index (χ1n) is 5.73. The molecule has 1 saturated carbocycles. The molecule has 84 valence electrons. The van der Waals surface area contributed by atoms with E-state index >= 15 is 0 Å². The first kappa shape index (κ1) is 10.6. The lowest BCUT2D eigenvalue weighted by molar-refractivity contribution is 0.312. The minimum atomic E-state index is 0.512. The molecule has 15 heavy (non-hydrogen) atoms. The van der Waals surface area contributed by atoms with Gasteiger partial charge in [0.2, 0.25) is 0 Å². The van der Waals surface area contributed by atoms with Crippen molar-refractivity contribution in [2.45, 2.75) is 39.2 Å². The summed E-state index contributed by atoms with van der Waals surface area (Å²) in [6.07, 6.45) is 7.25. The summed E-state index contributed by atoms with van der Waals surface area (Å²) in [6.45, 7) is 4.30. The molecule has 1 aromatic rings. The molecule has 0 saturated heterocycles. The van der Waals surface area contributed by atoms with E-state index in [1.54, 1.807) is 6.33 Å². The Bertz CT molecular complexity index is 312. The minimum Gasteiger partial charge on any atom is -0.320 e. The fourth-order valence-electron chi connectivity index (χ4n) is 2.35. The van der Waals surface area contributed by atoms with Crippen molar-refractivity contribution in [3.05, 3.63) is 12.2 Å². The fourth-order valence-corrected chi connectivity index (χ4v) is 2.35. The maximum Gasteiger partial charge on any atom is 0.146 e. The van der Waals surface area contributed by atoms with Crippen molar-refractivity contribution in [3.8, 4) is 0 Å². The second kappa shape index (κ2) is 4.31. The summed E-state index contributed by atoms with van der Waals surface area (Å²) in [6, 6.07) is 0. The Morgan fingerprint density at radius 2 is 2.20 bits per heavy atom. The van der Waals surface area contributed by atoms with E-state index in [-0.39, 0.29) is 0 Å². The molecule has 4 heteroatoms. The van der Waals surface area contributed by atoms with Crippen LogP contribution in [0.25, 0.3) is 0 Å². The molecule has 0 atom stereocenters. The number of aryl methyl sites for hydroxylation is 1. The molecule has 1 heterocycles. The summed E-state index contributed by atoms with van der Waals surface area (Å²) in [5, 5.41) is 11.4. The maximum absolute atomic E-state index is 4.05. The molecule has 0 amide bonds. The van der Waals surface area contributed by atoms with E-state index in [0.29, 0.717) is 5.41 Å². The van der Waals surface area contributed by atoms with E-state index in [9.17, 15) is 0 Å². The summed E-state index contributed by atoms with van der Waals surface area (Å²) in [4.78, 5) is 0. The van der Waals surface area contributed by atoms with Crippen LogP contribution in [0.3, 0.4) is 0 Å². The van der Waals surface area contributed by atoms with E-state index in [4.69, 9.17) is 0 Å². The Kier molecular flexibility index (Phi) is 3.05. The Morgan fingerprint density at radius 1 is 1.47 bits per heavy atom. The molecule has 0 aromatic carbocycles. The molecule has 0 bridgehead atoms. The molecule has 1 aromatic heterocycles. The highest BCUT2D eigenvalue weighted by Gasteiger charge is 2.27. The molecule has 2 rings (SSSR count). The summed E-state index contributed by atoms with van der Waals surface area (Å²) in [5.74, 6) is 1.01. The average molecular weight is 208 g/mol. The van der Waals surface area contributed by atoms with E-state index in [2.05, 4.69) is 22.4 Å². The van der Waals surface area contributed by atoms with E-state index < -0.39 is 0 Å². The predicted octanol–water partition coefficient (Wildman–Crippen LogP) is 1.48. The van der Waals surface area contributed by atoms with Crippen molar-refractivity contribution in [2.75, 3.05) is 6.54 Å². The molecule has 0 unspecified atom stereocenters. The lowest BCUT2D eigenvalue weighted by Gasteiger charge is -2.23. The number of hydrogen-bond acceptors (Lipinski definition) is 3. The average Bonchev–Trinajstić information content (AvgIpc) is 2.78. The standard InChI is InChI=1S/C11H20N4/c1-11(5-3-4-6-11)8-12-7-10-14-13-9-15(10)2/h9,12H,3-8H2,1-2H3. The smallest absolute Gasteiger partial charge is 0.146 e. The summed E-state index contributed by atoms with van der Waals surface area (Å²) in [7, 11) is 1.98. The van der Waals surface area contributed by atoms with Gasteiger partial charge >= 0.3 is 0 Å². The second-order valence-corrected chi connectivity index (χ2v) is 4.98. The normalized spacial score (nSPS) is 19.6. The number of hydrogen-bond donors (Lipinski definition) is 1. The third-order valence-corrected chi connectivity index (χ3v) is 3.45. The number of nitrogens with one attached hydrogen (secondary N) is 1. The van der Waals surface area contributed by atoms with Crippen LogP contribution >= 0.6 is 0 Å². The number of nitrogens with zero attached hydrogens (tertiary/aromatic N) is 3. The Labute approximate surface area is 91.1 Å². The Hall–Kier alpha value is -0.900. The highest BCUT2D eigenvalue weighted by molar-refractivity contribution is 4.86. The van der Waals surface area contributed by atoms with Gasteiger partial charge in [0.15, 0.2) is 0 Å². The van der Waals surface area contributed by atoms with Gasteiger partial charge in [0.05, 0.1) is 6.54 Å². The number of rotatable bonds is 4. The van der Waals surface area contributed by atoms with Crippen LogP contribution in [-0.4, -0.2) is 21.3 Å². The second-order valence-electron chi connectivity index (χ2n) is 4.98. The predicted molar refractivity (Wildman–Crippen MR) is 59.3 cm³/mol. The molecule has 1 N–H and O–H groups in total. The van der Waals surface area contributed by atoms with Crippen molar-refractivity contribution in [3.63, 3.8) is 0 Å². The SMILES string of the molecule is Cn1cnnc1CNCC1(C)CCCC1. The van der Waals surface area contributed by atoms with E-state index in [1.807, 2.05) is 11.6 Å². The highest BCUT2D eigenvalue weighted by atomic mass is 15.3. The van der Waals surface area contributed by atoms with Gasteiger partial charge in [0.25, 0.3) is 0 Å². The van der Waals surface area contributed by atoms with Gasteiger partial charge in [0.1, 0.15) is 12.2 Å². The van der Waals surface area contributed by atoms with Crippen LogP contribution in [0.4, 0.5) is 0 Å². The summed E-state index contributed by atoms with van der Waals surface area (Å²) in [5.41, 5.74) is 0.512. The zero-order valence-corrected chi connectivity index (χ0v) is 9.66. The van der Waals surface area contributed by atoms with Gasteiger partial charge in [0, 0.05) is 13.6 Å². The quantitative estimate of drug-likeness (QED) is 0.815. The summed E-state index contributed by atoms with van der Waals surface area (Å²) < 4.78 is 1.96. The van der Waals surface area contributed by atoms with Crippen molar-refractivity contribution < 1.29 is 0 Å². The van der Waals surface area contributed by atoms with Crippen LogP contribution in [0, 0.1) is 5.41 Å². The van der Waals surface area contributed by atoms with Gasteiger partial charge in [-0.1, -0.05) is 19.8 Å². The van der Waals surface area contributed by atoms with Gasteiger partial charge in [-0.2, -0.15) is 0 Å². The van der Waals surface area contributed by atoms with Gasteiger partial charge in [-0.3, -0.25) is 0 Å². The minimum absolute atomic E-state index is 0.512. The van der Waals surface area contributed by atoms with Gasteiger partial charge < -0.3 is 9.88 Å². The molecule has 1 aliphatic rings. The van der Waals surface area contributed by atoms with Crippen LogP contribution in [-0.2, 0) is 13.6 Å². The lowest BCUT2D eigenvalue weighted by atomic mass is 9.89. The molecule has 0 radical (unpaired) electrons. The van der Waals surface area contributed by atoms with E-state index in [0.717, 1.165) is 18.9 Å². The van der Waals surface area contributed by atoms with Crippen molar-refractivity contribution in [1.82, 2.24) is 20.1 Å². The van der Waals surface area contributed by atoms with Gasteiger partial charge in [-0.25, -0.2) is 0 Å². The van der Waals surface area contributed by atoms with Gasteiger partial charge in [-0.15, -0.1) is 10.2 Å². The monoisotopic (exact) mass is 208 g/mol. The fraction of sp³-hybridized carbons (Fsp3) is 0.818. The van der Waals surface area contributed by atoms with Crippen LogP contribution < -0.4 is 5.32 Å². The third kappa shape index (κ3) is 2.56. The highest BCUT2D eigenvalue weighted by Crippen LogP contribution is 2.36. The van der Waals surface area contributed by atoms with Crippen LogP contribution in [0.5, 0.6) is 0 Å². The van der Waals surface area contributed by atoms with Crippen molar-refractivity contribution in [1.29, 1.82) is 0 Å². The molecular formula is C11H20N4. The van der Waals surface area contributed by atoms with Crippen molar-refractivity contribution in [2.24, 2.45) is 12.5 Å². The Balaban J connectivity index is 1.77. The zero-order chi connectivity index (χ0) is 10.7. The molecule has 0 aliphatic heterocycles. The Morgan fingerprint density at radius 3 is 2.80 bits per heavy atom. The first-order chi connectivity index (χ1) is 7.20. The maximum atomic E-state index is 4.05. The zero-order valence-electron chi connectivity index (χ0n) is 9.66. The van der Waals surface area contributed by atoms with Crippen molar-refractivity contribution >= 4 is 0 Å². The molecular weight excluding hydrogens is 188 g/mol. The van der Waals surface area contributed by atoms with Gasteiger partial charge in [-0.05, 0) is 18.3 Å². The topological polar surface area (TPSA) is 42.7 Å². The summed E-state index contributed by atoms with van der Waals surface area (Å²) >= 11 is 0. The van der Waals surface area contributed by atoms with Crippen LogP contribution in [0.2, 0.25) is 0 Å².